The first kappa shape index (κ1) is 12.1. The average molecular weight is 266 g/mol. The molecule has 0 fully saturated rings. The Labute approximate surface area is 113 Å². The lowest BCUT2D eigenvalue weighted by Crippen LogP contribution is -2.06. The minimum Gasteiger partial charge on any atom is -0.507 e. The number of hydrogen-bond donors (Lipinski definition) is 1. The zero-order valence-corrected chi connectivity index (χ0v) is 10.4. The number of benzene rings is 1. The minimum atomic E-state index is -0.593. The topological polar surface area (TPSA) is 76.2 Å². The van der Waals surface area contributed by atoms with E-state index in [4.69, 9.17) is 4.42 Å². The summed E-state index contributed by atoms with van der Waals surface area (Å²) in [6.07, 6.45) is 4.39. The molecule has 0 aliphatic heterocycles. The molecule has 1 aromatic carbocycles. The Morgan fingerprint density at radius 3 is 2.70 bits per heavy atom. The van der Waals surface area contributed by atoms with Crippen LogP contribution in [0.15, 0.2) is 58.0 Å². The molecule has 0 atom stereocenters. The summed E-state index contributed by atoms with van der Waals surface area (Å²) in [5.74, 6) is -0.0671. The van der Waals surface area contributed by atoms with Gasteiger partial charge in [0.25, 0.3) is 0 Å². The van der Waals surface area contributed by atoms with E-state index >= 15 is 0 Å². The molecule has 1 N–H and O–H groups in total. The number of pyridine rings is 1. The molecule has 0 aliphatic rings. The molecular weight excluding hydrogens is 256 g/mol. The van der Waals surface area contributed by atoms with Crippen LogP contribution in [0.25, 0.3) is 22.9 Å². The van der Waals surface area contributed by atoms with Crippen molar-refractivity contribution in [3.63, 3.8) is 0 Å². The molecule has 5 nitrogen and oxygen atoms in total. The molecule has 2 heterocycles. The lowest BCUT2D eigenvalue weighted by molar-refractivity contribution is 0.513. The number of aromatic nitrogens is 2. The average Bonchev–Trinajstić information content (AvgIpc) is 2.49. The van der Waals surface area contributed by atoms with E-state index < -0.39 is 5.63 Å². The van der Waals surface area contributed by atoms with Crippen molar-refractivity contribution in [1.29, 1.82) is 0 Å². The van der Waals surface area contributed by atoms with Crippen molar-refractivity contribution < 1.29 is 9.52 Å². The number of para-hydroxylation sites is 2. The van der Waals surface area contributed by atoms with E-state index in [1.807, 2.05) is 0 Å². The summed E-state index contributed by atoms with van der Waals surface area (Å²) >= 11 is 0. The largest absolute Gasteiger partial charge is 0.507 e. The fraction of sp³-hybridized carbons (Fsp3) is 0. The number of aliphatic hydroxyl groups is 1. The number of aliphatic hydroxyl groups excluding tert-OH is 1. The molecule has 0 spiro atoms. The Balaban J connectivity index is 2.11. The second-order valence-electron chi connectivity index (χ2n) is 4.12. The van der Waals surface area contributed by atoms with Gasteiger partial charge in [-0.15, -0.1) is 0 Å². The maximum Gasteiger partial charge on any atom is 0.362 e. The van der Waals surface area contributed by atoms with Crippen molar-refractivity contribution in [3.8, 4) is 0 Å². The maximum atomic E-state index is 11.8. The van der Waals surface area contributed by atoms with Gasteiger partial charge >= 0.3 is 5.63 Å². The van der Waals surface area contributed by atoms with E-state index in [9.17, 15) is 9.90 Å². The van der Waals surface area contributed by atoms with E-state index in [-0.39, 0.29) is 11.5 Å². The quantitative estimate of drug-likeness (QED) is 0.721. The zero-order chi connectivity index (χ0) is 13.9. The van der Waals surface area contributed by atoms with E-state index in [0.717, 1.165) is 0 Å². The van der Waals surface area contributed by atoms with Crippen molar-refractivity contribution in [2.75, 3.05) is 0 Å². The van der Waals surface area contributed by atoms with Gasteiger partial charge < -0.3 is 9.52 Å². The van der Waals surface area contributed by atoms with Crippen LogP contribution in [-0.2, 0) is 0 Å². The lowest BCUT2D eigenvalue weighted by Gasteiger charge is -2.00. The Morgan fingerprint density at radius 1 is 1.15 bits per heavy atom. The summed E-state index contributed by atoms with van der Waals surface area (Å²) in [5.41, 5.74) is 0.982. The molecule has 2 aromatic heterocycles. The van der Waals surface area contributed by atoms with Crippen LogP contribution in [0.3, 0.4) is 0 Å². The Kier molecular flexibility index (Phi) is 3.01. The first-order chi connectivity index (χ1) is 9.74. The molecular formula is C15H10N2O3. The summed E-state index contributed by atoms with van der Waals surface area (Å²) in [6, 6.07) is 10.2. The van der Waals surface area contributed by atoms with Crippen LogP contribution >= 0.6 is 0 Å². The summed E-state index contributed by atoms with van der Waals surface area (Å²) in [6.45, 7) is 0. The lowest BCUT2D eigenvalue weighted by atomic mass is 10.2. The standard InChI is InChI=1S/C15H10N2O3/c18-13(10-5-7-16-8-6-10)9-12-15(19)20-14-4-2-1-3-11(14)17-12/h1-9,18H. The van der Waals surface area contributed by atoms with Gasteiger partial charge in [-0.05, 0) is 24.3 Å². The van der Waals surface area contributed by atoms with Crippen LogP contribution in [0.2, 0.25) is 0 Å². The van der Waals surface area contributed by atoms with Crippen molar-refractivity contribution in [3.05, 3.63) is 70.5 Å². The third-order valence-corrected chi connectivity index (χ3v) is 2.77. The third kappa shape index (κ3) is 2.29. The predicted octanol–water partition coefficient (Wildman–Crippen LogP) is 2.64. The van der Waals surface area contributed by atoms with Crippen LogP contribution < -0.4 is 5.63 Å². The van der Waals surface area contributed by atoms with Gasteiger partial charge in [-0.1, -0.05) is 12.1 Å². The van der Waals surface area contributed by atoms with Gasteiger partial charge in [0, 0.05) is 24.0 Å². The molecule has 5 heteroatoms. The molecule has 98 valence electrons. The second-order valence-corrected chi connectivity index (χ2v) is 4.12. The number of fused-ring (bicyclic) bond motifs is 1. The Morgan fingerprint density at radius 2 is 1.90 bits per heavy atom. The van der Waals surface area contributed by atoms with Gasteiger partial charge in [0.2, 0.25) is 0 Å². The highest BCUT2D eigenvalue weighted by Gasteiger charge is 2.06. The van der Waals surface area contributed by atoms with Gasteiger partial charge in [-0.25, -0.2) is 9.78 Å². The van der Waals surface area contributed by atoms with Gasteiger partial charge in [-0.2, -0.15) is 0 Å². The van der Waals surface area contributed by atoms with Gasteiger partial charge in [0.1, 0.15) is 11.3 Å². The Hall–Kier alpha value is -2.95. The molecule has 0 saturated heterocycles. The highest BCUT2D eigenvalue weighted by molar-refractivity contribution is 5.77. The van der Waals surface area contributed by atoms with Crippen LogP contribution in [0.1, 0.15) is 11.3 Å². The molecule has 20 heavy (non-hydrogen) atoms. The molecule has 0 saturated carbocycles. The Bertz CT molecular complexity index is 838. The summed E-state index contributed by atoms with van der Waals surface area (Å²) in [7, 11) is 0. The highest BCUT2D eigenvalue weighted by Crippen LogP contribution is 2.14. The molecule has 0 unspecified atom stereocenters. The minimum absolute atomic E-state index is 0.0537. The third-order valence-electron chi connectivity index (χ3n) is 2.77. The number of hydrogen-bond acceptors (Lipinski definition) is 5. The van der Waals surface area contributed by atoms with Gasteiger partial charge in [0.05, 0.1) is 0 Å². The summed E-state index contributed by atoms with van der Waals surface area (Å²) in [4.78, 5) is 19.8. The normalized spacial score (nSPS) is 11.7. The van der Waals surface area contributed by atoms with Crippen molar-refractivity contribution in [1.82, 2.24) is 9.97 Å². The fourth-order valence-electron chi connectivity index (χ4n) is 1.79. The predicted molar refractivity (Wildman–Crippen MR) is 75.0 cm³/mol. The monoisotopic (exact) mass is 266 g/mol. The van der Waals surface area contributed by atoms with Crippen molar-refractivity contribution in [2.45, 2.75) is 0 Å². The second kappa shape index (κ2) is 4.97. The molecule has 3 rings (SSSR count). The SMILES string of the molecule is O=c1oc2ccccc2nc1C=C(O)c1ccncc1. The smallest absolute Gasteiger partial charge is 0.362 e. The summed E-state index contributed by atoms with van der Waals surface area (Å²) in [5, 5.41) is 9.98. The molecule has 3 aromatic rings. The number of nitrogens with zero attached hydrogens (tertiary/aromatic N) is 2. The van der Waals surface area contributed by atoms with E-state index in [1.165, 1.54) is 6.08 Å². The van der Waals surface area contributed by atoms with Crippen molar-refractivity contribution >= 4 is 22.9 Å². The first-order valence-electron chi connectivity index (χ1n) is 5.95. The van der Waals surface area contributed by atoms with Crippen molar-refractivity contribution in [2.24, 2.45) is 0 Å². The van der Waals surface area contributed by atoms with Crippen LogP contribution in [0, 0.1) is 0 Å². The van der Waals surface area contributed by atoms with E-state index in [2.05, 4.69) is 9.97 Å². The molecule has 0 aliphatic carbocycles. The van der Waals surface area contributed by atoms with Gasteiger partial charge in [0.15, 0.2) is 11.3 Å². The van der Waals surface area contributed by atoms with E-state index in [1.54, 1.807) is 48.8 Å². The zero-order valence-electron chi connectivity index (χ0n) is 10.4. The maximum absolute atomic E-state index is 11.8. The molecule has 0 bridgehead atoms. The fourth-order valence-corrected chi connectivity index (χ4v) is 1.79. The summed E-state index contributed by atoms with van der Waals surface area (Å²) < 4.78 is 5.14. The molecule has 0 amide bonds. The van der Waals surface area contributed by atoms with Crippen LogP contribution in [0.4, 0.5) is 0 Å². The molecule has 0 radical (unpaired) electrons. The number of rotatable bonds is 2. The highest BCUT2D eigenvalue weighted by atomic mass is 16.4. The van der Waals surface area contributed by atoms with Crippen LogP contribution in [-0.4, -0.2) is 15.1 Å². The van der Waals surface area contributed by atoms with Gasteiger partial charge in [-0.3, -0.25) is 4.98 Å². The van der Waals surface area contributed by atoms with Crippen LogP contribution in [0.5, 0.6) is 0 Å². The first-order valence-corrected chi connectivity index (χ1v) is 5.95. The van der Waals surface area contributed by atoms with E-state index in [0.29, 0.717) is 16.7 Å².